The second-order valence-electron chi connectivity index (χ2n) is 9.69. The number of hydrogen-bond acceptors (Lipinski definition) is 5. The van der Waals surface area contributed by atoms with Crippen molar-refractivity contribution in [2.45, 2.75) is 69.4 Å². The van der Waals surface area contributed by atoms with E-state index in [0.29, 0.717) is 24.4 Å². The average molecular weight is 456 g/mol. The van der Waals surface area contributed by atoms with Crippen molar-refractivity contribution in [1.82, 2.24) is 14.8 Å². The smallest absolute Gasteiger partial charge is 0.338 e. The van der Waals surface area contributed by atoms with Gasteiger partial charge in [-0.15, -0.1) is 21.5 Å². The molecule has 0 aliphatic heterocycles. The number of esters is 1. The van der Waals surface area contributed by atoms with E-state index in [0.717, 1.165) is 28.8 Å². The standard InChI is InChI=1S/C24H26ClN3O2S/c1-23(2,3)21-26-27-22(28(21)16-9-10-16)24(18-11-12-19(25)31-18)13-17(14-24)30-20(29)15-7-5-4-6-8-15/h4-8,11-12,16-17H,9-10,13-14H2,1-3H3. The van der Waals surface area contributed by atoms with Gasteiger partial charge in [0.25, 0.3) is 0 Å². The molecular formula is C24H26ClN3O2S. The van der Waals surface area contributed by atoms with Crippen molar-refractivity contribution >= 4 is 28.9 Å². The third-order valence-electron chi connectivity index (χ3n) is 6.19. The van der Waals surface area contributed by atoms with Gasteiger partial charge in [0, 0.05) is 29.2 Å². The Morgan fingerprint density at radius 2 is 1.84 bits per heavy atom. The number of benzene rings is 1. The number of carbonyl (C=O) groups excluding carboxylic acids is 1. The normalized spacial score (nSPS) is 23.4. The van der Waals surface area contributed by atoms with Crippen LogP contribution in [-0.2, 0) is 15.6 Å². The van der Waals surface area contributed by atoms with Crippen LogP contribution in [0.5, 0.6) is 0 Å². The molecule has 0 atom stereocenters. The van der Waals surface area contributed by atoms with Gasteiger partial charge in [-0.1, -0.05) is 50.6 Å². The highest BCUT2D eigenvalue weighted by atomic mass is 35.5. The molecule has 0 bridgehead atoms. The van der Waals surface area contributed by atoms with Crippen LogP contribution >= 0.6 is 22.9 Å². The van der Waals surface area contributed by atoms with Gasteiger partial charge in [-0.2, -0.15) is 0 Å². The van der Waals surface area contributed by atoms with E-state index in [9.17, 15) is 4.79 Å². The molecule has 0 amide bonds. The fraction of sp³-hybridized carbons (Fsp3) is 0.458. The number of aromatic nitrogens is 3. The van der Waals surface area contributed by atoms with Crippen molar-refractivity contribution in [2.24, 2.45) is 0 Å². The summed E-state index contributed by atoms with van der Waals surface area (Å²) in [5, 5.41) is 9.37. The zero-order valence-electron chi connectivity index (χ0n) is 18.0. The fourth-order valence-electron chi connectivity index (χ4n) is 4.47. The predicted octanol–water partition coefficient (Wildman–Crippen LogP) is 5.93. The quantitative estimate of drug-likeness (QED) is 0.447. The molecular weight excluding hydrogens is 430 g/mol. The first-order chi connectivity index (χ1) is 14.8. The maximum absolute atomic E-state index is 12.6. The molecule has 0 unspecified atom stereocenters. The molecule has 1 aromatic carbocycles. The Morgan fingerprint density at radius 1 is 1.13 bits per heavy atom. The minimum absolute atomic E-state index is 0.0922. The van der Waals surface area contributed by atoms with Crippen LogP contribution in [0.15, 0.2) is 42.5 Å². The lowest BCUT2D eigenvalue weighted by molar-refractivity contribution is -0.0153. The molecule has 3 aromatic rings. The Labute approximate surface area is 191 Å². The molecule has 2 fully saturated rings. The van der Waals surface area contributed by atoms with E-state index in [-0.39, 0.29) is 22.9 Å². The SMILES string of the molecule is CC(C)(C)c1nnc(C2(c3ccc(Cl)s3)CC(OC(=O)c3ccccc3)C2)n1C1CC1. The van der Waals surface area contributed by atoms with Gasteiger partial charge < -0.3 is 9.30 Å². The minimum Gasteiger partial charge on any atom is -0.459 e. The first-order valence-corrected chi connectivity index (χ1v) is 11.9. The highest BCUT2D eigenvalue weighted by Gasteiger charge is 2.54. The molecule has 7 heteroatoms. The van der Waals surface area contributed by atoms with Gasteiger partial charge >= 0.3 is 5.97 Å². The Hall–Kier alpha value is -2.18. The Kier molecular flexibility index (Phi) is 4.98. The predicted molar refractivity (Wildman–Crippen MR) is 122 cm³/mol. The average Bonchev–Trinajstić information content (AvgIpc) is 3.28. The monoisotopic (exact) mass is 455 g/mol. The van der Waals surface area contributed by atoms with Crippen molar-refractivity contribution in [3.05, 3.63) is 68.9 Å². The molecule has 0 N–H and O–H groups in total. The second-order valence-corrected chi connectivity index (χ2v) is 11.4. The Balaban J connectivity index is 1.48. The van der Waals surface area contributed by atoms with E-state index in [2.05, 4.69) is 36.5 Å². The van der Waals surface area contributed by atoms with Crippen LogP contribution in [0.25, 0.3) is 0 Å². The highest BCUT2D eigenvalue weighted by Crippen LogP contribution is 2.54. The van der Waals surface area contributed by atoms with E-state index in [1.54, 1.807) is 23.5 Å². The van der Waals surface area contributed by atoms with Gasteiger partial charge in [-0.05, 0) is 37.1 Å². The lowest BCUT2D eigenvalue weighted by atomic mass is 9.65. The van der Waals surface area contributed by atoms with Crippen LogP contribution in [0.4, 0.5) is 0 Å². The first-order valence-electron chi connectivity index (χ1n) is 10.8. The summed E-state index contributed by atoms with van der Waals surface area (Å²) in [5.41, 5.74) is 0.166. The minimum atomic E-state index is -0.321. The molecule has 5 rings (SSSR count). The summed E-state index contributed by atoms with van der Waals surface area (Å²) in [6.45, 7) is 6.54. The molecule has 0 spiro atoms. The summed E-state index contributed by atoms with van der Waals surface area (Å²) in [7, 11) is 0. The number of carbonyl (C=O) groups is 1. The van der Waals surface area contributed by atoms with Crippen molar-refractivity contribution in [3.8, 4) is 0 Å². The molecule has 31 heavy (non-hydrogen) atoms. The lowest BCUT2D eigenvalue weighted by Gasteiger charge is -2.45. The first kappa shape index (κ1) is 20.7. The van der Waals surface area contributed by atoms with Crippen molar-refractivity contribution in [1.29, 1.82) is 0 Å². The lowest BCUT2D eigenvalue weighted by Crippen LogP contribution is -2.49. The third-order valence-corrected chi connectivity index (χ3v) is 7.62. The van der Waals surface area contributed by atoms with Crippen molar-refractivity contribution in [2.75, 3.05) is 0 Å². The van der Waals surface area contributed by atoms with E-state index in [1.807, 2.05) is 24.3 Å². The number of rotatable bonds is 5. The summed E-state index contributed by atoms with van der Waals surface area (Å²) in [6.07, 6.45) is 3.54. The molecule has 0 radical (unpaired) electrons. The molecule has 5 nitrogen and oxygen atoms in total. The summed E-state index contributed by atoms with van der Waals surface area (Å²) in [4.78, 5) is 13.7. The maximum Gasteiger partial charge on any atom is 0.338 e. The zero-order chi connectivity index (χ0) is 21.8. The van der Waals surface area contributed by atoms with Crippen LogP contribution < -0.4 is 0 Å². The number of ether oxygens (including phenoxy) is 1. The van der Waals surface area contributed by atoms with E-state index in [4.69, 9.17) is 21.4 Å². The van der Waals surface area contributed by atoms with Crippen LogP contribution in [0.1, 0.15) is 79.4 Å². The number of nitrogens with zero attached hydrogens (tertiary/aromatic N) is 3. The molecule has 2 saturated carbocycles. The largest absolute Gasteiger partial charge is 0.459 e. The molecule has 2 aliphatic carbocycles. The van der Waals surface area contributed by atoms with Crippen LogP contribution in [0.3, 0.4) is 0 Å². The number of halogens is 1. The summed E-state index contributed by atoms with van der Waals surface area (Å²) in [6, 6.07) is 13.6. The van der Waals surface area contributed by atoms with Gasteiger partial charge in [0.1, 0.15) is 17.8 Å². The number of thiophene rings is 1. The maximum atomic E-state index is 12.6. The molecule has 2 heterocycles. The van der Waals surface area contributed by atoms with E-state index >= 15 is 0 Å². The van der Waals surface area contributed by atoms with E-state index in [1.165, 1.54) is 4.88 Å². The Morgan fingerprint density at radius 3 is 2.42 bits per heavy atom. The van der Waals surface area contributed by atoms with Gasteiger partial charge in [-0.3, -0.25) is 0 Å². The third kappa shape index (κ3) is 3.70. The van der Waals surface area contributed by atoms with Gasteiger partial charge in [0.2, 0.25) is 0 Å². The van der Waals surface area contributed by atoms with Crippen LogP contribution in [-0.4, -0.2) is 26.8 Å². The highest BCUT2D eigenvalue weighted by molar-refractivity contribution is 7.16. The molecule has 2 aliphatic rings. The van der Waals surface area contributed by atoms with Crippen LogP contribution in [0.2, 0.25) is 4.34 Å². The Bertz CT molecular complexity index is 1110. The van der Waals surface area contributed by atoms with E-state index < -0.39 is 0 Å². The fourth-order valence-corrected chi connectivity index (χ4v) is 5.72. The van der Waals surface area contributed by atoms with Gasteiger partial charge in [0.05, 0.1) is 15.3 Å². The van der Waals surface area contributed by atoms with Crippen LogP contribution in [0, 0.1) is 0 Å². The second kappa shape index (κ2) is 7.45. The van der Waals surface area contributed by atoms with Crippen molar-refractivity contribution in [3.63, 3.8) is 0 Å². The molecule has 0 saturated heterocycles. The summed E-state index contributed by atoms with van der Waals surface area (Å²) < 4.78 is 8.96. The van der Waals surface area contributed by atoms with Gasteiger partial charge in [-0.25, -0.2) is 4.79 Å². The zero-order valence-corrected chi connectivity index (χ0v) is 19.5. The number of hydrogen-bond donors (Lipinski definition) is 0. The topological polar surface area (TPSA) is 57.0 Å². The molecule has 2 aromatic heterocycles. The summed E-state index contributed by atoms with van der Waals surface area (Å²) in [5.74, 6) is 1.74. The van der Waals surface area contributed by atoms with Crippen molar-refractivity contribution < 1.29 is 9.53 Å². The summed E-state index contributed by atoms with van der Waals surface area (Å²) >= 11 is 7.90. The van der Waals surface area contributed by atoms with Gasteiger partial charge in [0.15, 0.2) is 0 Å². The molecule has 162 valence electrons.